The van der Waals surface area contributed by atoms with Crippen molar-refractivity contribution in [1.82, 2.24) is 14.5 Å². The van der Waals surface area contributed by atoms with Gasteiger partial charge >= 0.3 is 0 Å². The lowest BCUT2D eigenvalue weighted by molar-refractivity contribution is -0.165. The highest BCUT2D eigenvalue weighted by atomic mass is 16.5. The number of nitriles is 1. The first kappa shape index (κ1) is 16.0. The second kappa shape index (κ2) is 5.64. The van der Waals surface area contributed by atoms with Gasteiger partial charge in [0.2, 0.25) is 5.91 Å². The number of imidazole rings is 1. The lowest BCUT2D eigenvalue weighted by Gasteiger charge is -2.56. The van der Waals surface area contributed by atoms with Crippen molar-refractivity contribution >= 4 is 5.91 Å². The van der Waals surface area contributed by atoms with E-state index in [1.165, 1.54) is 0 Å². The highest BCUT2D eigenvalue weighted by Gasteiger charge is 2.57. The zero-order valence-electron chi connectivity index (χ0n) is 14.1. The van der Waals surface area contributed by atoms with Crippen LogP contribution in [0, 0.1) is 22.2 Å². The van der Waals surface area contributed by atoms with Gasteiger partial charge in [0, 0.05) is 38.0 Å². The number of amides is 1. The zero-order valence-corrected chi connectivity index (χ0v) is 14.1. The molecule has 1 unspecified atom stereocenters. The molecule has 1 amide bonds. The molecule has 3 rings (SSSR count). The normalized spacial score (nSPS) is 24.4. The Hall–Kier alpha value is -1.87. The summed E-state index contributed by atoms with van der Waals surface area (Å²) in [6, 6.07) is 2.19. The monoisotopic (exact) mass is 316 g/mol. The molecule has 1 atom stereocenters. The summed E-state index contributed by atoms with van der Waals surface area (Å²) >= 11 is 0. The van der Waals surface area contributed by atoms with Crippen LogP contribution in [-0.2, 0) is 16.1 Å². The van der Waals surface area contributed by atoms with E-state index in [4.69, 9.17) is 4.74 Å². The highest BCUT2D eigenvalue weighted by Crippen LogP contribution is 2.52. The van der Waals surface area contributed by atoms with Crippen molar-refractivity contribution in [2.45, 2.75) is 45.7 Å². The fourth-order valence-corrected chi connectivity index (χ4v) is 3.73. The van der Waals surface area contributed by atoms with Gasteiger partial charge in [-0.3, -0.25) is 4.79 Å². The molecule has 6 nitrogen and oxygen atoms in total. The smallest absolute Gasteiger partial charge is 0.243 e. The summed E-state index contributed by atoms with van der Waals surface area (Å²) < 4.78 is 7.20. The van der Waals surface area contributed by atoms with Gasteiger partial charge in [-0.15, -0.1) is 0 Å². The minimum absolute atomic E-state index is 0.0168. The van der Waals surface area contributed by atoms with Crippen LogP contribution in [0.5, 0.6) is 0 Å². The fraction of sp³-hybridized carbons (Fsp3) is 0.706. The molecule has 0 aromatic carbocycles. The molecule has 2 aliphatic rings. The molecule has 1 aromatic heterocycles. The molecule has 0 spiro atoms. The second-order valence-electron chi connectivity index (χ2n) is 7.34. The number of hydrogen-bond acceptors (Lipinski definition) is 4. The third-order valence-electron chi connectivity index (χ3n) is 5.25. The van der Waals surface area contributed by atoms with E-state index >= 15 is 0 Å². The molecule has 0 N–H and O–H groups in total. The summed E-state index contributed by atoms with van der Waals surface area (Å²) in [5.41, 5.74) is -0.828. The second-order valence-corrected chi connectivity index (χ2v) is 7.34. The zero-order chi connectivity index (χ0) is 16.7. The summed E-state index contributed by atoms with van der Waals surface area (Å²) in [6.07, 6.45) is 6.03. The van der Waals surface area contributed by atoms with Crippen molar-refractivity contribution in [3.63, 3.8) is 0 Å². The maximum Gasteiger partial charge on any atom is 0.243 e. The van der Waals surface area contributed by atoms with Gasteiger partial charge in [0.05, 0.1) is 18.7 Å². The maximum atomic E-state index is 12.9. The molecule has 0 bridgehead atoms. The van der Waals surface area contributed by atoms with Gasteiger partial charge in [0.1, 0.15) is 11.2 Å². The quantitative estimate of drug-likeness (QED) is 0.834. The minimum Gasteiger partial charge on any atom is -0.383 e. The van der Waals surface area contributed by atoms with E-state index in [1.54, 1.807) is 13.3 Å². The maximum absolute atomic E-state index is 12.9. The van der Waals surface area contributed by atoms with Crippen LogP contribution in [0.1, 0.15) is 45.0 Å². The number of ether oxygens (including phenoxy) is 1. The molecule has 1 aliphatic carbocycles. The van der Waals surface area contributed by atoms with Crippen LogP contribution in [-0.4, -0.2) is 40.6 Å². The Morgan fingerprint density at radius 2 is 2.26 bits per heavy atom. The first-order valence-electron chi connectivity index (χ1n) is 8.17. The Kier molecular flexibility index (Phi) is 3.93. The van der Waals surface area contributed by atoms with Crippen molar-refractivity contribution < 1.29 is 9.53 Å². The number of rotatable bonds is 5. The number of carbonyl (C=O) groups excluding carboxylic acids is 1. The first-order chi connectivity index (χ1) is 10.9. The summed E-state index contributed by atoms with van der Waals surface area (Å²) in [4.78, 5) is 19.3. The van der Waals surface area contributed by atoms with E-state index in [-0.39, 0.29) is 17.4 Å². The van der Waals surface area contributed by atoms with Crippen molar-refractivity contribution in [3.05, 3.63) is 18.2 Å². The Morgan fingerprint density at radius 3 is 2.78 bits per heavy atom. The van der Waals surface area contributed by atoms with Gasteiger partial charge in [-0.2, -0.15) is 5.26 Å². The van der Waals surface area contributed by atoms with Crippen molar-refractivity contribution in [1.29, 1.82) is 5.26 Å². The largest absolute Gasteiger partial charge is 0.383 e. The van der Waals surface area contributed by atoms with Gasteiger partial charge in [0.25, 0.3) is 0 Å². The van der Waals surface area contributed by atoms with E-state index in [0.717, 1.165) is 12.2 Å². The molecule has 124 valence electrons. The summed E-state index contributed by atoms with van der Waals surface area (Å²) in [6.45, 7) is 6.29. The predicted octanol–water partition coefficient (Wildman–Crippen LogP) is 2.13. The number of hydrogen-bond donors (Lipinski definition) is 0. The summed E-state index contributed by atoms with van der Waals surface area (Å²) in [5, 5.41) is 9.46. The van der Waals surface area contributed by atoms with Gasteiger partial charge < -0.3 is 14.2 Å². The Labute approximate surface area is 137 Å². The SMILES string of the molecule is COCCn1ccnc1C1N(C(=O)C2(C#N)CCC2)CC1(C)C. The van der Waals surface area contributed by atoms with E-state index < -0.39 is 5.41 Å². The Bertz CT molecular complexity index is 639. The van der Waals surface area contributed by atoms with Gasteiger partial charge in [0.15, 0.2) is 0 Å². The molecule has 1 saturated carbocycles. The standard InChI is InChI=1S/C17H24N4O2/c1-16(2)12-21(15(22)17(11-18)5-4-6-17)13(16)14-19-7-8-20(14)9-10-23-3/h7-8,13H,4-6,9-10,12H2,1-3H3. The van der Waals surface area contributed by atoms with Crippen LogP contribution in [0.15, 0.2) is 12.4 Å². The molecule has 1 aromatic rings. The van der Waals surface area contributed by atoms with Crippen molar-refractivity contribution in [2.75, 3.05) is 20.3 Å². The number of nitrogens with zero attached hydrogens (tertiary/aromatic N) is 4. The summed E-state index contributed by atoms with van der Waals surface area (Å²) in [7, 11) is 1.67. The van der Waals surface area contributed by atoms with Gasteiger partial charge in [-0.05, 0) is 19.3 Å². The van der Waals surface area contributed by atoms with Crippen LogP contribution in [0.4, 0.5) is 0 Å². The van der Waals surface area contributed by atoms with E-state index in [2.05, 4.69) is 29.5 Å². The number of aromatic nitrogens is 2. The first-order valence-corrected chi connectivity index (χ1v) is 8.17. The topological polar surface area (TPSA) is 71.2 Å². The molecule has 1 aliphatic heterocycles. The van der Waals surface area contributed by atoms with Crippen LogP contribution < -0.4 is 0 Å². The van der Waals surface area contributed by atoms with Crippen LogP contribution in [0.2, 0.25) is 0 Å². The van der Waals surface area contributed by atoms with Crippen molar-refractivity contribution in [3.8, 4) is 6.07 Å². The highest BCUT2D eigenvalue weighted by molar-refractivity contribution is 5.87. The minimum atomic E-state index is -0.793. The molecule has 0 radical (unpaired) electrons. The van der Waals surface area contributed by atoms with E-state index in [9.17, 15) is 10.1 Å². The molecule has 2 heterocycles. The third-order valence-corrected chi connectivity index (χ3v) is 5.25. The average Bonchev–Trinajstić information content (AvgIpc) is 2.89. The van der Waals surface area contributed by atoms with Gasteiger partial charge in [-0.25, -0.2) is 4.98 Å². The van der Waals surface area contributed by atoms with Gasteiger partial charge in [-0.1, -0.05) is 13.8 Å². The predicted molar refractivity (Wildman–Crippen MR) is 84.2 cm³/mol. The van der Waals surface area contributed by atoms with Crippen LogP contribution in [0.25, 0.3) is 0 Å². The number of likely N-dealkylation sites (tertiary alicyclic amines) is 1. The molecular formula is C17H24N4O2. The Balaban J connectivity index is 1.86. The molecular weight excluding hydrogens is 292 g/mol. The number of carbonyl (C=O) groups is 1. The van der Waals surface area contributed by atoms with Crippen molar-refractivity contribution in [2.24, 2.45) is 10.8 Å². The average molecular weight is 316 g/mol. The van der Waals surface area contributed by atoms with E-state index in [0.29, 0.717) is 32.5 Å². The fourth-order valence-electron chi connectivity index (χ4n) is 3.73. The molecule has 6 heteroatoms. The lowest BCUT2D eigenvalue weighted by atomic mass is 9.66. The molecule has 2 fully saturated rings. The summed E-state index contributed by atoms with van der Waals surface area (Å²) in [5.74, 6) is 0.871. The Morgan fingerprint density at radius 1 is 1.52 bits per heavy atom. The number of methoxy groups -OCH3 is 1. The van der Waals surface area contributed by atoms with Crippen LogP contribution >= 0.6 is 0 Å². The molecule has 23 heavy (non-hydrogen) atoms. The van der Waals surface area contributed by atoms with Crippen LogP contribution in [0.3, 0.4) is 0 Å². The third kappa shape index (κ3) is 2.43. The lowest BCUT2D eigenvalue weighted by Crippen LogP contribution is -2.62. The van der Waals surface area contributed by atoms with E-state index in [1.807, 2.05) is 11.1 Å². The molecule has 1 saturated heterocycles.